The molecular weight excluding hydrogens is 297 g/mol. The number of hydrogen-bond donors (Lipinski definition) is 1. The van der Waals surface area contributed by atoms with Crippen molar-refractivity contribution in [3.8, 4) is 0 Å². The minimum atomic E-state index is -0.205. The number of rotatable bonds is 6. The number of benzene rings is 1. The van der Waals surface area contributed by atoms with Gasteiger partial charge in [-0.15, -0.1) is 0 Å². The van der Waals surface area contributed by atoms with Crippen LogP contribution in [0.2, 0.25) is 0 Å². The Balaban J connectivity index is 2.04. The standard InChI is InChI=1S/C14H19BrFNO/c15-14-11(4-1-7-13(14)16)10-17(8-3-9-18)12-5-2-6-12/h1,4,7,12,18H,2-3,5-6,8-10H2. The van der Waals surface area contributed by atoms with Crippen molar-refractivity contribution in [1.82, 2.24) is 4.90 Å². The molecule has 0 unspecified atom stereocenters. The largest absolute Gasteiger partial charge is 0.396 e. The van der Waals surface area contributed by atoms with Gasteiger partial charge in [0.05, 0.1) is 4.47 Å². The number of aliphatic hydroxyl groups is 1. The highest BCUT2D eigenvalue weighted by Gasteiger charge is 2.25. The van der Waals surface area contributed by atoms with Gasteiger partial charge in [0.25, 0.3) is 0 Å². The summed E-state index contributed by atoms with van der Waals surface area (Å²) in [5, 5.41) is 8.96. The normalized spacial score (nSPS) is 16.0. The molecule has 1 aromatic rings. The van der Waals surface area contributed by atoms with E-state index in [1.807, 2.05) is 6.07 Å². The van der Waals surface area contributed by atoms with E-state index < -0.39 is 0 Å². The number of aliphatic hydroxyl groups excluding tert-OH is 1. The summed E-state index contributed by atoms with van der Waals surface area (Å²) in [5.74, 6) is -0.205. The lowest BCUT2D eigenvalue weighted by atomic mass is 9.91. The first-order valence-electron chi connectivity index (χ1n) is 6.50. The molecule has 2 rings (SSSR count). The van der Waals surface area contributed by atoms with Crippen LogP contribution in [0.4, 0.5) is 4.39 Å². The lowest BCUT2D eigenvalue weighted by Gasteiger charge is -2.37. The fourth-order valence-corrected chi connectivity index (χ4v) is 2.70. The van der Waals surface area contributed by atoms with Crippen LogP contribution < -0.4 is 0 Å². The van der Waals surface area contributed by atoms with Crippen LogP contribution in [0.3, 0.4) is 0 Å². The Morgan fingerprint density at radius 1 is 1.39 bits per heavy atom. The van der Waals surface area contributed by atoms with Crippen LogP contribution in [0.15, 0.2) is 22.7 Å². The van der Waals surface area contributed by atoms with E-state index in [1.165, 1.54) is 25.3 Å². The summed E-state index contributed by atoms with van der Waals surface area (Å²) in [6, 6.07) is 5.78. The molecule has 1 aromatic carbocycles. The van der Waals surface area contributed by atoms with Crippen LogP contribution >= 0.6 is 15.9 Å². The van der Waals surface area contributed by atoms with Crippen LogP contribution in [0, 0.1) is 5.82 Å². The van der Waals surface area contributed by atoms with Gasteiger partial charge in [0.15, 0.2) is 0 Å². The summed E-state index contributed by atoms with van der Waals surface area (Å²) >= 11 is 3.31. The first kappa shape index (κ1) is 14.0. The summed E-state index contributed by atoms with van der Waals surface area (Å²) in [6.07, 6.45) is 4.50. The molecule has 100 valence electrons. The van der Waals surface area contributed by atoms with Crippen molar-refractivity contribution < 1.29 is 9.50 Å². The summed E-state index contributed by atoms with van der Waals surface area (Å²) in [4.78, 5) is 2.36. The van der Waals surface area contributed by atoms with Gasteiger partial charge in [0.2, 0.25) is 0 Å². The van der Waals surface area contributed by atoms with Crippen molar-refractivity contribution in [2.45, 2.75) is 38.3 Å². The van der Waals surface area contributed by atoms with E-state index in [1.54, 1.807) is 6.07 Å². The first-order chi connectivity index (χ1) is 8.72. The molecule has 0 atom stereocenters. The van der Waals surface area contributed by atoms with Crippen LogP contribution in [0.5, 0.6) is 0 Å². The molecule has 0 aliphatic heterocycles. The number of nitrogens with zero attached hydrogens (tertiary/aromatic N) is 1. The Labute approximate surface area is 116 Å². The molecule has 1 aliphatic carbocycles. The van der Waals surface area contributed by atoms with E-state index in [2.05, 4.69) is 20.8 Å². The second-order valence-corrected chi connectivity index (χ2v) is 5.64. The third-order valence-electron chi connectivity index (χ3n) is 3.60. The molecule has 0 aromatic heterocycles. The predicted molar refractivity (Wildman–Crippen MR) is 73.9 cm³/mol. The van der Waals surface area contributed by atoms with Crippen LogP contribution in [0.1, 0.15) is 31.2 Å². The average molecular weight is 316 g/mol. The fraction of sp³-hybridized carbons (Fsp3) is 0.571. The van der Waals surface area contributed by atoms with Crippen LogP contribution in [-0.2, 0) is 6.54 Å². The van der Waals surface area contributed by atoms with E-state index in [-0.39, 0.29) is 12.4 Å². The molecule has 1 saturated carbocycles. The van der Waals surface area contributed by atoms with Crippen molar-refractivity contribution in [2.75, 3.05) is 13.2 Å². The van der Waals surface area contributed by atoms with Gasteiger partial charge in [-0.25, -0.2) is 4.39 Å². The maximum absolute atomic E-state index is 13.5. The second kappa shape index (κ2) is 6.64. The van der Waals surface area contributed by atoms with Gasteiger partial charge in [0.1, 0.15) is 5.82 Å². The van der Waals surface area contributed by atoms with Gasteiger partial charge >= 0.3 is 0 Å². The Morgan fingerprint density at radius 3 is 2.78 bits per heavy atom. The third kappa shape index (κ3) is 3.31. The quantitative estimate of drug-likeness (QED) is 0.870. The predicted octanol–water partition coefficient (Wildman–Crippen LogP) is 3.33. The minimum Gasteiger partial charge on any atom is -0.396 e. The summed E-state index contributed by atoms with van der Waals surface area (Å²) in [6.45, 7) is 1.85. The molecular formula is C14H19BrFNO. The zero-order valence-electron chi connectivity index (χ0n) is 10.4. The topological polar surface area (TPSA) is 23.5 Å². The van der Waals surface area contributed by atoms with Crippen molar-refractivity contribution in [3.05, 3.63) is 34.1 Å². The monoisotopic (exact) mass is 315 g/mol. The summed E-state index contributed by atoms with van der Waals surface area (Å²) in [7, 11) is 0. The van der Waals surface area contributed by atoms with Crippen molar-refractivity contribution in [3.63, 3.8) is 0 Å². The molecule has 0 bridgehead atoms. The van der Waals surface area contributed by atoms with Gasteiger partial charge < -0.3 is 5.11 Å². The number of hydrogen-bond acceptors (Lipinski definition) is 2. The molecule has 2 nitrogen and oxygen atoms in total. The van der Waals surface area contributed by atoms with Crippen LogP contribution in [-0.4, -0.2) is 29.2 Å². The zero-order chi connectivity index (χ0) is 13.0. The van der Waals surface area contributed by atoms with Gasteiger partial charge in [-0.1, -0.05) is 18.6 Å². The highest BCUT2D eigenvalue weighted by atomic mass is 79.9. The average Bonchev–Trinajstić information content (AvgIpc) is 2.29. The molecule has 0 radical (unpaired) electrons. The smallest absolute Gasteiger partial charge is 0.137 e. The van der Waals surface area contributed by atoms with E-state index in [0.29, 0.717) is 10.5 Å². The maximum atomic E-state index is 13.5. The Kier molecular flexibility index (Phi) is 5.15. The molecule has 1 fully saturated rings. The molecule has 1 N–H and O–H groups in total. The number of halogens is 2. The summed E-state index contributed by atoms with van der Waals surface area (Å²) < 4.78 is 14.0. The fourth-order valence-electron chi connectivity index (χ4n) is 2.31. The van der Waals surface area contributed by atoms with E-state index in [9.17, 15) is 4.39 Å². The molecule has 0 spiro atoms. The third-order valence-corrected chi connectivity index (χ3v) is 4.49. The molecule has 1 aliphatic rings. The molecule has 0 saturated heterocycles. The maximum Gasteiger partial charge on any atom is 0.137 e. The Hall–Kier alpha value is -0.450. The molecule has 0 amide bonds. The zero-order valence-corrected chi connectivity index (χ0v) is 12.0. The second-order valence-electron chi connectivity index (χ2n) is 4.85. The Bertz CT molecular complexity index is 395. The Morgan fingerprint density at radius 2 is 2.17 bits per heavy atom. The lowest BCUT2D eigenvalue weighted by molar-refractivity contribution is 0.109. The lowest BCUT2D eigenvalue weighted by Crippen LogP contribution is -2.40. The van der Waals surface area contributed by atoms with Crippen molar-refractivity contribution in [1.29, 1.82) is 0 Å². The molecule has 18 heavy (non-hydrogen) atoms. The van der Waals surface area contributed by atoms with E-state index in [4.69, 9.17) is 5.11 Å². The highest BCUT2D eigenvalue weighted by molar-refractivity contribution is 9.10. The minimum absolute atomic E-state index is 0.205. The molecule has 0 heterocycles. The highest BCUT2D eigenvalue weighted by Crippen LogP contribution is 2.28. The van der Waals surface area contributed by atoms with E-state index in [0.717, 1.165) is 25.1 Å². The van der Waals surface area contributed by atoms with E-state index >= 15 is 0 Å². The van der Waals surface area contributed by atoms with Crippen molar-refractivity contribution >= 4 is 15.9 Å². The van der Waals surface area contributed by atoms with Crippen LogP contribution in [0.25, 0.3) is 0 Å². The summed E-state index contributed by atoms with van der Waals surface area (Å²) in [5.41, 5.74) is 0.986. The van der Waals surface area contributed by atoms with Gasteiger partial charge in [-0.05, 0) is 46.8 Å². The van der Waals surface area contributed by atoms with Crippen molar-refractivity contribution in [2.24, 2.45) is 0 Å². The molecule has 4 heteroatoms. The SMILES string of the molecule is OCCCN(Cc1cccc(F)c1Br)C1CCC1. The van der Waals surface area contributed by atoms with Gasteiger partial charge in [-0.3, -0.25) is 4.90 Å². The van der Waals surface area contributed by atoms with Gasteiger partial charge in [0, 0.05) is 25.7 Å². The first-order valence-corrected chi connectivity index (χ1v) is 7.29. The van der Waals surface area contributed by atoms with Gasteiger partial charge in [-0.2, -0.15) is 0 Å².